The molecular formula is C27H40F3N5O4. The number of carbonyl (C=O) groups is 4. The van der Waals surface area contributed by atoms with E-state index in [1.165, 1.54) is 4.90 Å². The van der Waals surface area contributed by atoms with E-state index in [4.69, 9.17) is 0 Å². The number of alkyl halides is 3. The average molecular weight is 556 g/mol. The number of hydrogen-bond acceptors (Lipinski definition) is 5. The first kappa shape index (κ1) is 30.7. The molecule has 1 saturated carbocycles. The van der Waals surface area contributed by atoms with Crippen LogP contribution in [0, 0.1) is 28.1 Å². The molecule has 4 atom stereocenters. The molecular weight excluding hydrogens is 515 g/mol. The van der Waals surface area contributed by atoms with Gasteiger partial charge in [0, 0.05) is 18.0 Å². The summed E-state index contributed by atoms with van der Waals surface area (Å²) in [5.41, 5.74) is -1.85. The molecule has 0 unspecified atom stereocenters. The maximum absolute atomic E-state index is 13.8. The number of nitrogens with one attached hydrogen (secondary N) is 3. The van der Waals surface area contributed by atoms with Gasteiger partial charge < -0.3 is 20.9 Å². The van der Waals surface area contributed by atoms with E-state index in [9.17, 15) is 37.6 Å². The van der Waals surface area contributed by atoms with Crippen molar-refractivity contribution in [2.75, 3.05) is 6.54 Å². The third kappa shape index (κ3) is 7.22. The molecule has 0 aromatic rings. The maximum atomic E-state index is 13.8. The van der Waals surface area contributed by atoms with E-state index in [0.29, 0.717) is 12.8 Å². The van der Waals surface area contributed by atoms with Gasteiger partial charge in [-0.2, -0.15) is 18.4 Å². The van der Waals surface area contributed by atoms with Crippen molar-refractivity contribution in [3.63, 3.8) is 0 Å². The zero-order valence-corrected chi connectivity index (χ0v) is 23.3. The van der Waals surface area contributed by atoms with Gasteiger partial charge in [-0.05, 0) is 56.8 Å². The highest BCUT2D eigenvalue weighted by Crippen LogP contribution is 2.47. The molecule has 1 spiro atoms. The molecule has 218 valence electrons. The Bertz CT molecular complexity index is 1020. The summed E-state index contributed by atoms with van der Waals surface area (Å²) in [6.07, 6.45) is 0.160. The topological polar surface area (TPSA) is 131 Å². The Balaban J connectivity index is 1.84. The predicted molar refractivity (Wildman–Crippen MR) is 136 cm³/mol. The third-order valence-electron chi connectivity index (χ3n) is 8.24. The normalized spacial score (nSPS) is 25.9. The summed E-state index contributed by atoms with van der Waals surface area (Å²) in [6, 6.07) is -1.47. The zero-order valence-electron chi connectivity index (χ0n) is 23.3. The van der Waals surface area contributed by atoms with Crippen LogP contribution in [-0.4, -0.2) is 64.9 Å². The molecule has 3 fully saturated rings. The molecule has 2 heterocycles. The Morgan fingerprint density at radius 1 is 1.10 bits per heavy atom. The molecule has 4 amide bonds. The Kier molecular flexibility index (Phi) is 8.63. The number of amides is 4. The molecule has 1 aliphatic carbocycles. The average Bonchev–Trinajstić information content (AvgIpc) is 3.30. The van der Waals surface area contributed by atoms with Crippen LogP contribution in [0.1, 0.15) is 86.0 Å². The largest absolute Gasteiger partial charge is 0.471 e. The summed E-state index contributed by atoms with van der Waals surface area (Å²) in [4.78, 5) is 52.8. The maximum Gasteiger partial charge on any atom is 0.471 e. The molecule has 0 radical (unpaired) electrons. The summed E-state index contributed by atoms with van der Waals surface area (Å²) < 4.78 is 39.3. The van der Waals surface area contributed by atoms with Crippen LogP contribution >= 0.6 is 0 Å². The second-order valence-electron chi connectivity index (χ2n) is 13.2. The first-order valence-corrected chi connectivity index (χ1v) is 13.6. The molecule has 39 heavy (non-hydrogen) atoms. The van der Waals surface area contributed by atoms with Gasteiger partial charge in [0.2, 0.25) is 17.7 Å². The molecule has 0 aromatic carbocycles. The fourth-order valence-electron chi connectivity index (χ4n) is 6.30. The molecule has 3 aliphatic rings. The van der Waals surface area contributed by atoms with Gasteiger partial charge in [0.25, 0.3) is 0 Å². The molecule has 12 heteroatoms. The van der Waals surface area contributed by atoms with Crippen LogP contribution < -0.4 is 16.0 Å². The van der Waals surface area contributed by atoms with Gasteiger partial charge in [-0.3, -0.25) is 19.2 Å². The molecule has 0 aromatic heterocycles. The summed E-state index contributed by atoms with van der Waals surface area (Å²) in [5, 5.41) is 17.2. The van der Waals surface area contributed by atoms with Gasteiger partial charge in [0.05, 0.1) is 6.07 Å². The number of nitrogens with zero attached hydrogens (tertiary/aromatic N) is 2. The molecule has 9 nitrogen and oxygen atoms in total. The lowest BCUT2D eigenvalue weighted by molar-refractivity contribution is -0.176. The number of rotatable bonds is 6. The second-order valence-corrected chi connectivity index (χ2v) is 13.2. The van der Waals surface area contributed by atoms with E-state index in [0.717, 1.165) is 32.1 Å². The van der Waals surface area contributed by atoms with Gasteiger partial charge in [-0.1, -0.05) is 40.0 Å². The van der Waals surface area contributed by atoms with Gasteiger partial charge in [0.15, 0.2) is 0 Å². The monoisotopic (exact) mass is 555 g/mol. The minimum Gasteiger partial charge on any atom is -0.351 e. The van der Waals surface area contributed by atoms with Crippen molar-refractivity contribution < 1.29 is 32.3 Å². The molecule has 2 saturated heterocycles. The molecule has 3 N–H and O–H groups in total. The first-order valence-electron chi connectivity index (χ1n) is 13.6. The minimum absolute atomic E-state index is 0.107. The Morgan fingerprint density at radius 3 is 2.21 bits per heavy atom. The Morgan fingerprint density at radius 2 is 1.72 bits per heavy atom. The number of carbonyl (C=O) groups excluding carboxylic acids is 4. The molecule has 2 aliphatic heterocycles. The van der Waals surface area contributed by atoms with E-state index in [1.807, 2.05) is 25.2 Å². The zero-order chi connectivity index (χ0) is 29.4. The van der Waals surface area contributed by atoms with Crippen molar-refractivity contribution in [2.24, 2.45) is 16.7 Å². The van der Waals surface area contributed by atoms with Crippen LogP contribution in [0.25, 0.3) is 0 Å². The van der Waals surface area contributed by atoms with Crippen molar-refractivity contribution in [2.45, 2.75) is 116 Å². The third-order valence-corrected chi connectivity index (χ3v) is 8.24. The minimum atomic E-state index is -5.17. The fraction of sp³-hybridized carbons (Fsp3) is 0.815. The molecule has 3 rings (SSSR count). The van der Waals surface area contributed by atoms with Crippen molar-refractivity contribution in [3.05, 3.63) is 0 Å². The fourth-order valence-corrected chi connectivity index (χ4v) is 6.30. The van der Waals surface area contributed by atoms with Gasteiger partial charge in [-0.15, -0.1) is 0 Å². The molecule has 0 bridgehead atoms. The highest BCUT2D eigenvalue weighted by atomic mass is 19.4. The van der Waals surface area contributed by atoms with Crippen LogP contribution in [0.2, 0.25) is 0 Å². The number of likely N-dealkylation sites (tertiary alicyclic amines) is 1. The highest BCUT2D eigenvalue weighted by molar-refractivity contribution is 5.94. The van der Waals surface area contributed by atoms with E-state index in [1.54, 1.807) is 20.8 Å². The number of halogens is 3. The lowest BCUT2D eigenvalue weighted by Gasteiger charge is -2.37. The summed E-state index contributed by atoms with van der Waals surface area (Å²) in [6.45, 7) is 8.59. The summed E-state index contributed by atoms with van der Waals surface area (Å²) in [5.74, 6) is -4.20. The van der Waals surface area contributed by atoms with Crippen molar-refractivity contribution >= 4 is 23.6 Å². The Labute approximate surface area is 227 Å². The predicted octanol–water partition coefficient (Wildman–Crippen LogP) is 2.94. The van der Waals surface area contributed by atoms with E-state index in [-0.39, 0.29) is 24.3 Å². The van der Waals surface area contributed by atoms with Crippen molar-refractivity contribution in [1.82, 2.24) is 20.9 Å². The Hall–Kier alpha value is -2.84. The van der Waals surface area contributed by atoms with E-state index < -0.39 is 58.9 Å². The number of nitriles is 1. The second kappa shape index (κ2) is 11.0. The first-order chi connectivity index (χ1) is 17.9. The van der Waals surface area contributed by atoms with Crippen LogP contribution in [0.4, 0.5) is 13.2 Å². The van der Waals surface area contributed by atoms with Crippen molar-refractivity contribution in [3.8, 4) is 6.07 Å². The van der Waals surface area contributed by atoms with Gasteiger partial charge in [-0.25, -0.2) is 0 Å². The summed E-state index contributed by atoms with van der Waals surface area (Å²) >= 11 is 0. The van der Waals surface area contributed by atoms with Gasteiger partial charge >= 0.3 is 12.1 Å². The highest BCUT2D eigenvalue weighted by Gasteiger charge is 2.52. The lowest BCUT2D eigenvalue weighted by Crippen LogP contribution is -2.59. The smallest absolute Gasteiger partial charge is 0.351 e. The van der Waals surface area contributed by atoms with Crippen molar-refractivity contribution in [1.29, 1.82) is 5.26 Å². The van der Waals surface area contributed by atoms with E-state index in [2.05, 4.69) is 10.6 Å². The van der Waals surface area contributed by atoms with E-state index >= 15 is 0 Å². The van der Waals surface area contributed by atoms with Crippen LogP contribution in [0.3, 0.4) is 0 Å². The number of hydrogen-bond donors (Lipinski definition) is 3. The van der Waals surface area contributed by atoms with Crippen LogP contribution in [0.15, 0.2) is 0 Å². The van der Waals surface area contributed by atoms with Crippen LogP contribution in [-0.2, 0) is 19.2 Å². The quantitative estimate of drug-likeness (QED) is 0.464. The van der Waals surface area contributed by atoms with Gasteiger partial charge in [0.1, 0.15) is 18.1 Å². The standard InChI is InChI=1S/C27H40F3N5O4/c1-24(2,3)19(33-23(39)27(28,29)30)22(38)35-15-26(9-7-6-8-10-26)13-18(35)21(37)32-17(14-31)11-16-12-25(4,5)34-20(16)36/h16-19H,6-13,15H2,1-5H3,(H,32,37)(H,33,39)(H,34,36)/t16-,17+,18+,19-/m1/s1. The SMILES string of the molecule is CC1(C)C[C@@H](C[C@@H](C#N)NC(=O)[C@@H]2CC3(CCCCC3)CN2C(=O)[C@@H](NC(=O)C(F)(F)F)C(C)(C)C)C(=O)N1. The lowest BCUT2D eigenvalue weighted by atomic mass is 9.72. The van der Waals surface area contributed by atoms with Crippen LogP contribution in [0.5, 0.6) is 0 Å². The summed E-state index contributed by atoms with van der Waals surface area (Å²) in [7, 11) is 0.